The summed E-state index contributed by atoms with van der Waals surface area (Å²) < 4.78 is 4.64. The zero-order chi connectivity index (χ0) is 16.0. The summed E-state index contributed by atoms with van der Waals surface area (Å²) in [5.41, 5.74) is 0. The van der Waals surface area contributed by atoms with Crippen molar-refractivity contribution in [2.75, 3.05) is 7.11 Å². The Morgan fingerprint density at radius 3 is 1.86 bits per heavy atom. The highest BCUT2D eigenvalue weighted by atomic mass is 32.2. The number of methoxy groups -OCH3 is 1. The van der Waals surface area contributed by atoms with Crippen molar-refractivity contribution in [1.82, 2.24) is 0 Å². The lowest BCUT2D eigenvalue weighted by Gasteiger charge is -2.03. The van der Waals surface area contributed by atoms with E-state index < -0.39 is 0 Å². The van der Waals surface area contributed by atoms with E-state index >= 15 is 0 Å². The number of thioether (sulfide) groups is 1. The lowest BCUT2D eigenvalue weighted by Crippen LogP contribution is -1.99. The van der Waals surface area contributed by atoms with Gasteiger partial charge in [0, 0.05) is 16.9 Å². The second kappa shape index (κ2) is 13.3. The zero-order valence-corrected chi connectivity index (χ0v) is 15.6. The molecule has 2 atom stereocenters. The van der Waals surface area contributed by atoms with Crippen LogP contribution in [0.1, 0.15) is 96.8 Å². The monoisotopic (exact) mass is 328 g/mol. The van der Waals surface area contributed by atoms with Gasteiger partial charge in [0.2, 0.25) is 0 Å². The maximum Gasteiger partial charge on any atom is 0.305 e. The van der Waals surface area contributed by atoms with E-state index in [4.69, 9.17) is 0 Å². The van der Waals surface area contributed by atoms with Gasteiger partial charge in [-0.3, -0.25) is 4.79 Å². The number of ether oxygens (including phenoxy) is 1. The molecular weight excluding hydrogens is 292 g/mol. The molecule has 1 aliphatic heterocycles. The molecule has 3 heteroatoms. The number of carbonyl (C=O) groups is 1. The minimum Gasteiger partial charge on any atom is -0.469 e. The molecule has 130 valence electrons. The molecule has 0 saturated carbocycles. The third-order valence-electron chi connectivity index (χ3n) is 4.61. The van der Waals surface area contributed by atoms with Gasteiger partial charge in [-0.2, -0.15) is 11.8 Å². The van der Waals surface area contributed by atoms with Crippen LogP contribution >= 0.6 is 11.8 Å². The van der Waals surface area contributed by atoms with Gasteiger partial charge in [-0.05, 0) is 19.3 Å². The van der Waals surface area contributed by atoms with Crippen molar-refractivity contribution in [2.45, 2.75) is 107 Å². The van der Waals surface area contributed by atoms with Crippen molar-refractivity contribution < 1.29 is 9.53 Å². The molecule has 0 radical (unpaired) electrons. The summed E-state index contributed by atoms with van der Waals surface area (Å²) in [7, 11) is 1.47. The fourth-order valence-electron chi connectivity index (χ4n) is 3.10. The second-order valence-corrected chi connectivity index (χ2v) is 8.14. The Labute approximate surface area is 142 Å². The number of hydrogen-bond acceptors (Lipinski definition) is 3. The van der Waals surface area contributed by atoms with Crippen LogP contribution in [0.15, 0.2) is 0 Å². The van der Waals surface area contributed by atoms with Crippen LogP contribution in [0.3, 0.4) is 0 Å². The van der Waals surface area contributed by atoms with Crippen LogP contribution < -0.4 is 0 Å². The summed E-state index contributed by atoms with van der Waals surface area (Å²) in [6, 6.07) is 0. The number of rotatable bonds is 15. The molecule has 0 amide bonds. The molecule has 1 rings (SSSR count). The van der Waals surface area contributed by atoms with E-state index in [9.17, 15) is 4.79 Å². The fraction of sp³-hybridized carbons (Fsp3) is 0.947. The number of carbonyl (C=O) groups excluding carboxylic acids is 1. The highest BCUT2D eigenvalue weighted by Crippen LogP contribution is 2.47. The van der Waals surface area contributed by atoms with Gasteiger partial charge in [-0.25, -0.2) is 0 Å². The van der Waals surface area contributed by atoms with Crippen molar-refractivity contribution in [1.29, 1.82) is 0 Å². The molecule has 1 fully saturated rings. The molecule has 0 bridgehead atoms. The summed E-state index contributed by atoms with van der Waals surface area (Å²) in [5.74, 6) is -0.0642. The first-order valence-corrected chi connectivity index (χ1v) is 10.4. The molecule has 22 heavy (non-hydrogen) atoms. The van der Waals surface area contributed by atoms with Gasteiger partial charge in [0.1, 0.15) is 0 Å². The van der Waals surface area contributed by atoms with E-state index in [2.05, 4.69) is 23.4 Å². The first-order chi connectivity index (χ1) is 10.8. The SMILES string of the molecule is CCCC1SC1CCCCCCCCCCCCC(=O)OC. The van der Waals surface area contributed by atoms with E-state index in [0.29, 0.717) is 6.42 Å². The predicted octanol–water partition coefficient (Wildman–Crippen LogP) is 6.12. The third-order valence-corrected chi connectivity index (χ3v) is 6.12. The van der Waals surface area contributed by atoms with Gasteiger partial charge >= 0.3 is 5.97 Å². The van der Waals surface area contributed by atoms with Crippen LogP contribution in [-0.2, 0) is 9.53 Å². The number of hydrogen-bond donors (Lipinski definition) is 0. The topological polar surface area (TPSA) is 26.3 Å². The maximum atomic E-state index is 10.9. The lowest BCUT2D eigenvalue weighted by atomic mass is 10.0. The molecule has 0 spiro atoms. The Morgan fingerprint density at radius 2 is 1.32 bits per heavy atom. The summed E-state index contributed by atoms with van der Waals surface area (Å²) in [6.07, 6.45) is 18.1. The van der Waals surface area contributed by atoms with Crippen LogP contribution in [0, 0.1) is 0 Å². The molecule has 0 aromatic heterocycles. The Kier molecular flexibility index (Phi) is 12.0. The van der Waals surface area contributed by atoms with Crippen LogP contribution in [0.2, 0.25) is 0 Å². The second-order valence-electron chi connectivity index (χ2n) is 6.65. The highest BCUT2D eigenvalue weighted by Gasteiger charge is 2.35. The summed E-state index contributed by atoms with van der Waals surface area (Å²) in [5, 5.41) is 2.04. The quantitative estimate of drug-likeness (QED) is 0.206. The first-order valence-electron chi connectivity index (χ1n) is 9.50. The van der Waals surface area contributed by atoms with Gasteiger partial charge < -0.3 is 4.74 Å². The van der Waals surface area contributed by atoms with Gasteiger partial charge in [0.15, 0.2) is 0 Å². The molecule has 0 aromatic rings. The maximum absolute atomic E-state index is 10.9. The summed E-state index contributed by atoms with van der Waals surface area (Å²) in [6.45, 7) is 2.30. The minimum absolute atomic E-state index is 0.0642. The molecule has 1 saturated heterocycles. The Hall–Kier alpha value is -0.180. The zero-order valence-electron chi connectivity index (χ0n) is 14.8. The molecule has 2 unspecified atom stereocenters. The van der Waals surface area contributed by atoms with Crippen molar-refractivity contribution >= 4 is 17.7 Å². The molecule has 0 aromatic carbocycles. The number of esters is 1. The van der Waals surface area contributed by atoms with Crippen LogP contribution in [0.4, 0.5) is 0 Å². The van der Waals surface area contributed by atoms with Gasteiger partial charge in [-0.1, -0.05) is 71.1 Å². The van der Waals surface area contributed by atoms with Crippen molar-refractivity contribution in [2.24, 2.45) is 0 Å². The minimum atomic E-state index is -0.0642. The Bertz CT molecular complexity index is 281. The molecule has 2 nitrogen and oxygen atoms in total. The van der Waals surface area contributed by atoms with E-state index in [1.807, 2.05) is 0 Å². The van der Waals surface area contributed by atoms with Gasteiger partial charge in [0.25, 0.3) is 0 Å². The standard InChI is InChI=1S/C19H36O2S/c1-3-14-17-18(22-17)15-12-10-8-6-4-5-7-9-11-13-16-19(20)21-2/h17-18H,3-16H2,1-2H3. The van der Waals surface area contributed by atoms with Gasteiger partial charge in [-0.15, -0.1) is 0 Å². The summed E-state index contributed by atoms with van der Waals surface area (Å²) in [4.78, 5) is 10.9. The average Bonchev–Trinajstić information content (AvgIpc) is 3.26. The fourth-order valence-corrected chi connectivity index (χ4v) is 4.41. The molecule has 0 N–H and O–H groups in total. The third kappa shape index (κ3) is 10.5. The van der Waals surface area contributed by atoms with Crippen molar-refractivity contribution in [3.8, 4) is 0 Å². The van der Waals surface area contributed by atoms with Crippen LogP contribution in [0.5, 0.6) is 0 Å². The lowest BCUT2D eigenvalue weighted by molar-refractivity contribution is -0.140. The molecular formula is C19H36O2S. The van der Waals surface area contributed by atoms with Crippen LogP contribution in [-0.4, -0.2) is 23.6 Å². The molecule has 0 aliphatic carbocycles. The molecule has 1 aliphatic rings. The van der Waals surface area contributed by atoms with E-state index in [0.717, 1.165) is 16.9 Å². The van der Waals surface area contributed by atoms with E-state index in [-0.39, 0.29) is 5.97 Å². The van der Waals surface area contributed by atoms with Crippen LogP contribution in [0.25, 0.3) is 0 Å². The van der Waals surface area contributed by atoms with E-state index in [1.54, 1.807) is 0 Å². The Morgan fingerprint density at radius 1 is 0.818 bits per heavy atom. The van der Waals surface area contributed by atoms with Crippen molar-refractivity contribution in [3.05, 3.63) is 0 Å². The largest absolute Gasteiger partial charge is 0.469 e. The predicted molar refractivity (Wildman–Crippen MR) is 97.5 cm³/mol. The summed E-state index contributed by atoms with van der Waals surface area (Å²) >= 11 is 2.22. The molecule has 1 heterocycles. The van der Waals surface area contributed by atoms with E-state index in [1.165, 1.54) is 84.2 Å². The first kappa shape index (κ1) is 19.9. The smallest absolute Gasteiger partial charge is 0.305 e. The Balaban J connectivity index is 1.69. The average molecular weight is 329 g/mol. The highest BCUT2D eigenvalue weighted by molar-refractivity contribution is 8.07. The number of unbranched alkanes of at least 4 members (excludes halogenated alkanes) is 9. The normalized spacial score (nSPS) is 20.1. The van der Waals surface area contributed by atoms with Gasteiger partial charge in [0.05, 0.1) is 7.11 Å². The van der Waals surface area contributed by atoms with Crippen molar-refractivity contribution in [3.63, 3.8) is 0 Å².